The number of hydrogen-bond acceptors (Lipinski definition) is 4. The van der Waals surface area contributed by atoms with Crippen LogP contribution in [0.5, 0.6) is 0 Å². The summed E-state index contributed by atoms with van der Waals surface area (Å²) in [6.07, 6.45) is 3.81. The number of aryl methyl sites for hydroxylation is 2. The zero-order valence-electron chi connectivity index (χ0n) is 10.8. The molecule has 0 aliphatic heterocycles. The van der Waals surface area contributed by atoms with Crippen molar-refractivity contribution in [1.29, 1.82) is 0 Å². The number of thiophene rings is 1. The van der Waals surface area contributed by atoms with Gasteiger partial charge in [-0.1, -0.05) is 6.92 Å². The monoisotopic (exact) mass is 261 g/mol. The van der Waals surface area contributed by atoms with Gasteiger partial charge in [0.25, 0.3) is 0 Å². The van der Waals surface area contributed by atoms with Crippen molar-refractivity contribution in [1.82, 2.24) is 10.4 Å². The molecule has 2 aromatic heterocycles. The molecule has 1 atom stereocenters. The van der Waals surface area contributed by atoms with Crippen molar-refractivity contribution < 1.29 is 0 Å². The third-order valence-corrected chi connectivity index (χ3v) is 4.22. The van der Waals surface area contributed by atoms with Gasteiger partial charge in [-0.15, -0.1) is 11.3 Å². The van der Waals surface area contributed by atoms with Crippen LogP contribution in [-0.2, 0) is 12.8 Å². The summed E-state index contributed by atoms with van der Waals surface area (Å²) in [4.78, 5) is 7.16. The van der Waals surface area contributed by atoms with Crippen molar-refractivity contribution >= 4 is 11.3 Å². The zero-order valence-corrected chi connectivity index (χ0v) is 11.6. The lowest BCUT2D eigenvalue weighted by Crippen LogP contribution is -2.30. The largest absolute Gasteiger partial charge is 0.271 e. The summed E-state index contributed by atoms with van der Waals surface area (Å²) in [5.41, 5.74) is 5.08. The van der Waals surface area contributed by atoms with Crippen LogP contribution in [0, 0.1) is 6.92 Å². The second-order valence-electron chi connectivity index (χ2n) is 4.40. The zero-order chi connectivity index (χ0) is 13.0. The first-order valence-electron chi connectivity index (χ1n) is 6.19. The average molecular weight is 261 g/mol. The SMILES string of the molecule is CCc1ccc(CC(NN)c2cc(C)ccn2)s1. The molecule has 18 heavy (non-hydrogen) atoms. The highest BCUT2D eigenvalue weighted by Gasteiger charge is 2.13. The van der Waals surface area contributed by atoms with Gasteiger partial charge in [0, 0.05) is 22.4 Å². The molecule has 3 N–H and O–H groups in total. The molecule has 0 aromatic carbocycles. The minimum atomic E-state index is 0.0771. The van der Waals surface area contributed by atoms with Gasteiger partial charge in [-0.2, -0.15) is 0 Å². The number of nitrogens with one attached hydrogen (secondary N) is 1. The molecule has 0 saturated heterocycles. The van der Waals surface area contributed by atoms with E-state index < -0.39 is 0 Å². The molecule has 0 amide bonds. The predicted molar refractivity (Wildman–Crippen MR) is 76.4 cm³/mol. The van der Waals surface area contributed by atoms with E-state index in [9.17, 15) is 0 Å². The molecule has 4 heteroatoms. The van der Waals surface area contributed by atoms with Gasteiger partial charge >= 0.3 is 0 Å². The Morgan fingerprint density at radius 3 is 2.72 bits per heavy atom. The van der Waals surface area contributed by atoms with Crippen LogP contribution in [0.15, 0.2) is 30.5 Å². The Morgan fingerprint density at radius 1 is 1.33 bits per heavy atom. The van der Waals surface area contributed by atoms with E-state index in [4.69, 9.17) is 5.84 Å². The maximum atomic E-state index is 5.66. The molecule has 2 rings (SSSR count). The molecule has 0 aliphatic carbocycles. The number of nitrogens with two attached hydrogens (primary N) is 1. The van der Waals surface area contributed by atoms with Crippen LogP contribution in [-0.4, -0.2) is 4.98 Å². The van der Waals surface area contributed by atoms with Crippen LogP contribution in [0.2, 0.25) is 0 Å². The van der Waals surface area contributed by atoms with Crippen molar-refractivity contribution in [3.05, 3.63) is 51.5 Å². The van der Waals surface area contributed by atoms with E-state index >= 15 is 0 Å². The van der Waals surface area contributed by atoms with Crippen molar-refractivity contribution in [3.8, 4) is 0 Å². The normalized spacial score (nSPS) is 12.6. The quantitative estimate of drug-likeness (QED) is 0.643. The molecule has 3 nitrogen and oxygen atoms in total. The number of hydrogen-bond donors (Lipinski definition) is 2. The molecule has 96 valence electrons. The molecule has 0 fully saturated rings. The fourth-order valence-electron chi connectivity index (χ4n) is 1.92. The first kappa shape index (κ1) is 13.2. The molecule has 2 aromatic rings. The molecule has 0 bridgehead atoms. The number of rotatable bonds is 5. The maximum Gasteiger partial charge on any atom is 0.0680 e. The van der Waals surface area contributed by atoms with E-state index in [-0.39, 0.29) is 6.04 Å². The summed E-state index contributed by atoms with van der Waals surface area (Å²) in [7, 11) is 0. The van der Waals surface area contributed by atoms with E-state index in [0.29, 0.717) is 0 Å². The molecule has 0 aliphatic rings. The topological polar surface area (TPSA) is 50.9 Å². The summed E-state index contributed by atoms with van der Waals surface area (Å²) in [6, 6.07) is 8.53. The molecule has 0 radical (unpaired) electrons. The van der Waals surface area contributed by atoms with Crippen LogP contribution in [0.1, 0.15) is 34.0 Å². The molecule has 1 unspecified atom stereocenters. The van der Waals surface area contributed by atoms with Crippen LogP contribution < -0.4 is 11.3 Å². The van der Waals surface area contributed by atoms with Gasteiger partial charge in [0.05, 0.1) is 11.7 Å². The summed E-state index contributed by atoms with van der Waals surface area (Å²) >= 11 is 1.85. The highest BCUT2D eigenvalue weighted by atomic mass is 32.1. The highest BCUT2D eigenvalue weighted by molar-refractivity contribution is 7.11. The minimum absolute atomic E-state index is 0.0771. The Kier molecular flexibility index (Phi) is 4.47. The van der Waals surface area contributed by atoms with Gasteiger partial charge < -0.3 is 0 Å². The summed E-state index contributed by atoms with van der Waals surface area (Å²) in [6.45, 7) is 4.25. The highest BCUT2D eigenvalue weighted by Crippen LogP contribution is 2.23. The van der Waals surface area contributed by atoms with E-state index in [1.165, 1.54) is 15.3 Å². The predicted octanol–water partition coefficient (Wildman–Crippen LogP) is 2.76. The van der Waals surface area contributed by atoms with Gasteiger partial charge in [-0.3, -0.25) is 16.3 Å². The minimum Gasteiger partial charge on any atom is -0.271 e. The van der Waals surface area contributed by atoms with E-state index in [2.05, 4.69) is 42.5 Å². The summed E-state index contributed by atoms with van der Waals surface area (Å²) in [5, 5.41) is 0. The lowest BCUT2D eigenvalue weighted by molar-refractivity contribution is 0.541. The Balaban J connectivity index is 2.14. The average Bonchev–Trinajstić information content (AvgIpc) is 2.83. The van der Waals surface area contributed by atoms with E-state index in [1.807, 2.05) is 23.6 Å². The van der Waals surface area contributed by atoms with Gasteiger partial charge in [0.15, 0.2) is 0 Å². The van der Waals surface area contributed by atoms with Crippen molar-refractivity contribution in [3.63, 3.8) is 0 Å². The molecule has 0 saturated carbocycles. The van der Waals surface area contributed by atoms with Gasteiger partial charge in [0.2, 0.25) is 0 Å². The van der Waals surface area contributed by atoms with E-state index in [0.717, 1.165) is 18.5 Å². The molecule has 2 heterocycles. The van der Waals surface area contributed by atoms with E-state index in [1.54, 1.807) is 0 Å². The summed E-state index contributed by atoms with van der Waals surface area (Å²) in [5.74, 6) is 5.66. The third kappa shape index (κ3) is 3.16. The molecular weight excluding hydrogens is 242 g/mol. The summed E-state index contributed by atoms with van der Waals surface area (Å²) < 4.78 is 0. The standard InChI is InChI=1S/C14H19N3S/c1-3-11-4-5-12(18-11)9-14(17-15)13-8-10(2)6-7-16-13/h4-8,14,17H,3,9,15H2,1-2H3. The van der Waals surface area contributed by atoms with Crippen LogP contribution in [0.25, 0.3) is 0 Å². The van der Waals surface area contributed by atoms with Gasteiger partial charge in [-0.05, 0) is 43.2 Å². The second-order valence-corrected chi connectivity index (χ2v) is 5.66. The Labute approximate surface area is 112 Å². The number of hydrazine groups is 1. The number of aromatic nitrogens is 1. The number of nitrogens with zero attached hydrogens (tertiary/aromatic N) is 1. The Morgan fingerprint density at radius 2 is 2.11 bits per heavy atom. The first-order valence-corrected chi connectivity index (χ1v) is 7.01. The maximum absolute atomic E-state index is 5.66. The van der Waals surface area contributed by atoms with Crippen LogP contribution in [0.4, 0.5) is 0 Å². The first-order chi connectivity index (χ1) is 8.72. The van der Waals surface area contributed by atoms with Crippen molar-refractivity contribution in [2.24, 2.45) is 5.84 Å². The van der Waals surface area contributed by atoms with Crippen molar-refractivity contribution in [2.45, 2.75) is 32.7 Å². The third-order valence-electron chi connectivity index (χ3n) is 2.97. The Bertz CT molecular complexity index is 507. The molecule has 0 spiro atoms. The van der Waals surface area contributed by atoms with Crippen LogP contribution >= 0.6 is 11.3 Å². The second kappa shape index (κ2) is 6.09. The van der Waals surface area contributed by atoms with Crippen molar-refractivity contribution in [2.75, 3.05) is 0 Å². The fraction of sp³-hybridized carbons (Fsp3) is 0.357. The lowest BCUT2D eigenvalue weighted by Gasteiger charge is -2.14. The lowest BCUT2D eigenvalue weighted by atomic mass is 10.1. The number of pyridine rings is 1. The molecular formula is C14H19N3S. The van der Waals surface area contributed by atoms with Gasteiger partial charge in [0.1, 0.15) is 0 Å². The Hall–Kier alpha value is -1.23. The van der Waals surface area contributed by atoms with Gasteiger partial charge in [-0.25, -0.2) is 0 Å². The fourth-order valence-corrected chi connectivity index (χ4v) is 2.93. The van der Waals surface area contributed by atoms with Crippen LogP contribution in [0.3, 0.4) is 0 Å². The smallest absolute Gasteiger partial charge is 0.0680 e.